The molecule has 2 N–H and O–H groups in total. The van der Waals surface area contributed by atoms with Crippen LogP contribution in [0.2, 0.25) is 0 Å². The molecule has 0 amide bonds. The fourth-order valence-electron chi connectivity index (χ4n) is 1.48. The van der Waals surface area contributed by atoms with Gasteiger partial charge in [0.2, 0.25) is 0 Å². The molecule has 0 radical (unpaired) electrons. The summed E-state index contributed by atoms with van der Waals surface area (Å²) in [6.45, 7) is 6.68. The number of rotatable bonds is 4. The highest BCUT2D eigenvalue weighted by Gasteiger charge is 2.22. The molecule has 0 aliphatic carbocycles. The standard InChI is InChI=1S/C12H19NS/c1-4-9-14-12(2,3)10-7-5-6-8-11(10)13/h5-8H,4,9,13H2,1-3H3. The van der Waals surface area contributed by atoms with Crippen LogP contribution in [0.25, 0.3) is 0 Å². The zero-order chi connectivity index (χ0) is 10.6. The van der Waals surface area contributed by atoms with Gasteiger partial charge in [0.15, 0.2) is 0 Å². The smallest absolute Gasteiger partial charge is 0.0372 e. The summed E-state index contributed by atoms with van der Waals surface area (Å²) in [5.74, 6) is 1.18. The van der Waals surface area contributed by atoms with Crippen LogP contribution in [0, 0.1) is 0 Å². The minimum absolute atomic E-state index is 0.126. The van der Waals surface area contributed by atoms with Crippen LogP contribution in [-0.4, -0.2) is 5.75 Å². The average Bonchev–Trinajstić information content (AvgIpc) is 2.15. The predicted octanol–water partition coefficient (Wildman–Crippen LogP) is 3.65. The highest BCUT2D eigenvalue weighted by atomic mass is 32.2. The number of nitrogen functional groups attached to an aromatic ring is 1. The summed E-state index contributed by atoms with van der Waals surface area (Å²) in [5, 5.41) is 0. The van der Waals surface area contributed by atoms with E-state index in [1.54, 1.807) is 0 Å². The summed E-state index contributed by atoms with van der Waals surface area (Å²) in [6.07, 6.45) is 1.21. The van der Waals surface area contributed by atoms with E-state index in [0.717, 1.165) is 5.69 Å². The van der Waals surface area contributed by atoms with Crippen LogP contribution in [0.1, 0.15) is 32.8 Å². The molecule has 14 heavy (non-hydrogen) atoms. The molecule has 1 rings (SSSR count). The van der Waals surface area contributed by atoms with Crippen molar-refractivity contribution >= 4 is 17.4 Å². The van der Waals surface area contributed by atoms with Gasteiger partial charge in [-0.15, -0.1) is 0 Å². The molecule has 78 valence electrons. The fourth-order valence-corrected chi connectivity index (χ4v) is 2.54. The molecule has 0 atom stereocenters. The van der Waals surface area contributed by atoms with Crippen molar-refractivity contribution in [3.8, 4) is 0 Å². The first kappa shape index (κ1) is 11.4. The summed E-state index contributed by atoms with van der Waals surface area (Å²) in [7, 11) is 0. The van der Waals surface area contributed by atoms with Crippen molar-refractivity contribution in [2.75, 3.05) is 11.5 Å². The van der Waals surface area contributed by atoms with Gasteiger partial charge in [-0.3, -0.25) is 0 Å². The van der Waals surface area contributed by atoms with Gasteiger partial charge in [0, 0.05) is 10.4 Å². The van der Waals surface area contributed by atoms with E-state index in [2.05, 4.69) is 32.9 Å². The maximum atomic E-state index is 5.97. The van der Waals surface area contributed by atoms with Crippen LogP contribution in [-0.2, 0) is 4.75 Å². The third-order valence-corrected chi connectivity index (χ3v) is 3.83. The van der Waals surface area contributed by atoms with Gasteiger partial charge in [-0.1, -0.05) is 25.1 Å². The minimum atomic E-state index is 0.126. The lowest BCUT2D eigenvalue weighted by Crippen LogP contribution is -2.15. The van der Waals surface area contributed by atoms with E-state index in [4.69, 9.17) is 5.73 Å². The molecule has 0 bridgehead atoms. The van der Waals surface area contributed by atoms with E-state index in [-0.39, 0.29) is 4.75 Å². The second kappa shape index (κ2) is 4.74. The lowest BCUT2D eigenvalue weighted by atomic mass is 10.0. The molecular formula is C12H19NS. The molecule has 0 aliphatic rings. The van der Waals surface area contributed by atoms with Crippen molar-refractivity contribution in [1.82, 2.24) is 0 Å². The minimum Gasteiger partial charge on any atom is -0.398 e. The Morgan fingerprint density at radius 1 is 1.29 bits per heavy atom. The quantitative estimate of drug-likeness (QED) is 0.766. The highest BCUT2D eigenvalue weighted by Crippen LogP contribution is 2.38. The van der Waals surface area contributed by atoms with Crippen molar-refractivity contribution in [1.29, 1.82) is 0 Å². The lowest BCUT2D eigenvalue weighted by Gasteiger charge is -2.25. The Morgan fingerprint density at radius 3 is 2.50 bits per heavy atom. The predicted molar refractivity (Wildman–Crippen MR) is 66.6 cm³/mol. The van der Waals surface area contributed by atoms with Crippen molar-refractivity contribution < 1.29 is 0 Å². The lowest BCUT2D eigenvalue weighted by molar-refractivity contribution is 0.783. The van der Waals surface area contributed by atoms with E-state index in [9.17, 15) is 0 Å². The Bertz CT molecular complexity index is 294. The summed E-state index contributed by atoms with van der Waals surface area (Å²) >= 11 is 1.97. The van der Waals surface area contributed by atoms with E-state index in [0.29, 0.717) is 0 Å². The summed E-state index contributed by atoms with van der Waals surface area (Å²) in [5.41, 5.74) is 8.12. The van der Waals surface area contributed by atoms with E-state index >= 15 is 0 Å². The van der Waals surface area contributed by atoms with Crippen molar-refractivity contribution in [2.45, 2.75) is 31.9 Å². The topological polar surface area (TPSA) is 26.0 Å². The van der Waals surface area contributed by atoms with Crippen LogP contribution in [0.15, 0.2) is 24.3 Å². The maximum absolute atomic E-state index is 5.97. The maximum Gasteiger partial charge on any atom is 0.0372 e. The van der Waals surface area contributed by atoms with Crippen LogP contribution in [0.3, 0.4) is 0 Å². The number of para-hydroxylation sites is 1. The third-order valence-electron chi connectivity index (χ3n) is 2.28. The van der Waals surface area contributed by atoms with Gasteiger partial charge in [0.1, 0.15) is 0 Å². The number of benzene rings is 1. The molecule has 1 aromatic carbocycles. The first-order chi connectivity index (χ1) is 6.58. The molecular weight excluding hydrogens is 190 g/mol. The molecule has 0 unspecified atom stereocenters. The van der Waals surface area contributed by atoms with Crippen LogP contribution in [0.4, 0.5) is 5.69 Å². The normalized spacial score (nSPS) is 11.6. The second-order valence-corrected chi connectivity index (χ2v) is 5.66. The molecule has 0 aromatic heterocycles. The average molecular weight is 209 g/mol. The summed E-state index contributed by atoms with van der Waals surface area (Å²) in [6, 6.07) is 8.14. The Kier molecular flexibility index (Phi) is 3.87. The zero-order valence-electron chi connectivity index (χ0n) is 9.21. The number of hydrogen-bond acceptors (Lipinski definition) is 2. The fraction of sp³-hybridized carbons (Fsp3) is 0.500. The number of nitrogens with two attached hydrogens (primary N) is 1. The van der Waals surface area contributed by atoms with Crippen LogP contribution < -0.4 is 5.73 Å². The van der Waals surface area contributed by atoms with Gasteiger partial charge >= 0.3 is 0 Å². The molecule has 0 fully saturated rings. The number of anilines is 1. The van der Waals surface area contributed by atoms with Crippen molar-refractivity contribution in [2.24, 2.45) is 0 Å². The second-order valence-electron chi connectivity index (χ2n) is 3.95. The zero-order valence-corrected chi connectivity index (χ0v) is 10.0. The monoisotopic (exact) mass is 209 g/mol. The Labute approximate surface area is 91.1 Å². The van der Waals surface area contributed by atoms with E-state index in [1.165, 1.54) is 17.7 Å². The van der Waals surface area contributed by atoms with Crippen LogP contribution >= 0.6 is 11.8 Å². The van der Waals surface area contributed by atoms with Gasteiger partial charge in [-0.05, 0) is 37.7 Å². The Morgan fingerprint density at radius 2 is 1.93 bits per heavy atom. The van der Waals surface area contributed by atoms with Crippen molar-refractivity contribution in [3.63, 3.8) is 0 Å². The molecule has 0 saturated heterocycles. The first-order valence-corrected chi connectivity index (χ1v) is 6.05. The molecule has 0 heterocycles. The Hall–Kier alpha value is -0.630. The van der Waals surface area contributed by atoms with Gasteiger partial charge in [0.25, 0.3) is 0 Å². The molecule has 2 heteroatoms. The first-order valence-electron chi connectivity index (χ1n) is 5.07. The third kappa shape index (κ3) is 2.68. The number of thioether (sulfide) groups is 1. The SMILES string of the molecule is CCCSC(C)(C)c1ccccc1N. The summed E-state index contributed by atoms with van der Waals surface area (Å²) in [4.78, 5) is 0. The van der Waals surface area contributed by atoms with Crippen LogP contribution in [0.5, 0.6) is 0 Å². The molecule has 0 aliphatic heterocycles. The summed E-state index contributed by atoms with van der Waals surface area (Å²) < 4.78 is 0.126. The van der Waals surface area contributed by atoms with Gasteiger partial charge in [-0.25, -0.2) is 0 Å². The van der Waals surface area contributed by atoms with Gasteiger partial charge < -0.3 is 5.73 Å². The molecule has 1 nitrogen and oxygen atoms in total. The number of hydrogen-bond donors (Lipinski definition) is 1. The van der Waals surface area contributed by atoms with Gasteiger partial charge in [-0.2, -0.15) is 11.8 Å². The Balaban J connectivity index is 2.86. The molecule has 1 aromatic rings. The molecule has 0 spiro atoms. The van der Waals surface area contributed by atoms with Gasteiger partial charge in [0.05, 0.1) is 0 Å². The van der Waals surface area contributed by atoms with E-state index in [1.807, 2.05) is 23.9 Å². The molecule has 0 saturated carbocycles. The van der Waals surface area contributed by atoms with E-state index < -0.39 is 0 Å². The highest BCUT2D eigenvalue weighted by molar-refractivity contribution is 8.00. The van der Waals surface area contributed by atoms with Crippen molar-refractivity contribution in [3.05, 3.63) is 29.8 Å². The largest absolute Gasteiger partial charge is 0.398 e.